The van der Waals surface area contributed by atoms with Crippen molar-refractivity contribution in [1.82, 2.24) is 0 Å². The molecule has 0 radical (unpaired) electrons. The number of fused-ring (bicyclic) bond motifs is 2. The zero-order chi connectivity index (χ0) is 60.8. The summed E-state index contributed by atoms with van der Waals surface area (Å²) in [5.74, 6) is 119. The van der Waals surface area contributed by atoms with E-state index in [2.05, 4.69) is 315 Å². The molecular formula is C74H64ClF6O2S2Sb. The van der Waals surface area contributed by atoms with E-state index in [0.717, 1.165) is 19.4 Å². The van der Waals surface area contributed by atoms with Crippen molar-refractivity contribution in [2.75, 3.05) is 0 Å². The molecule has 5 rings (SSSR count). The van der Waals surface area contributed by atoms with Crippen molar-refractivity contribution in [2.45, 2.75) is 21.6 Å². The predicted molar refractivity (Wildman–Crippen MR) is 379 cm³/mol. The number of rotatable bonds is 4. The van der Waals surface area contributed by atoms with Crippen LogP contribution in [0.2, 0.25) is 5.02 Å². The largest absolute Gasteiger partial charge is 0 e. The summed E-state index contributed by atoms with van der Waals surface area (Å²) in [5.41, 5.74) is -0.183. The number of halogens is 7. The number of benzene rings is 4. The van der Waals surface area contributed by atoms with Gasteiger partial charge in [-0.3, -0.25) is 4.79 Å². The Hall–Kier alpha value is -13.0. The van der Waals surface area contributed by atoms with Gasteiger partial charge in [0.25, 0.3) is 0 Å². The van der Waals surface area contributed by atoms with Crippen molar-refractivity contribution < 1.29 is 56.3 Å². The first kappa shape index (κ1) is 67.3. The minimum absolute atomic E-state index is 0. The molecule has 2 nitrogen and oxygen atoms in total. The van der Waals surface area contributed by atoms with Crippen LogP contribution in [-0.2, 0) is 10.9 Å². The summed E-state index contributed by atoms with van der Waals surface area (Å²) >= 11 is -1.17. The van der Waals surface area contributed by atoms with Crippen LogP contribution in [0.3, 0.4) is 0 Å². The number of hydrogen-bond donors (Lipinski definition) is 0. The Kier molecular flexibility index (Phi) is 31.5. The molecule has 0 atom stereocenters. The Morgan fingerprint density at radius 2 is 0.698 bits per heavy atom. The molecule has 4 aromatic carbocycles. The molecule has 0 aliphatic carbocycles. The van der Waals surface area contributed by atoms with Gasteiger partial charge in [-0.1, -0.05) is 53.9 Å². The molecule has 0 fully saturated rings. The van der Waals surface area contributed by atoms with E-state index in [4.69, 9.17) is 16.3 Å². The fourth-order valence-electron chi connectivity index (χ4n) is 5.14. The smallest absolute Gasteiger partial charge is 0 e. The number of ether oxygens (including phenoxy) is 1. The van der Waals surface area contributed by atoms with Crippen molar-refractivity contribution in [1.29, 1.82) is 0 Å². The molecule has 0 aliphatic heterocycles. The molecule has 0 saturated heterocycles. The van der Waals surface area contributed by atoms with Crippen LogP contribution in [0.1, 0.15) is 39.7 Å². The minimum Gasteiger partial charge on any atom is 0 e. The van der Waals surface area contributed by atoms with Crippen molar-refractivity contribution in [2.24, 2.45) is 0 Å². The Bertz CT molecular complexity index is 5320. The molecule has 86 heavy (non-hydrogen) atoms. The fraction of sp³-hybridized carbons (Fsp3) is 0.0135. The van der Waals surface area contributed by atoms with Gasteiger partial charge in [-0.25, -0.2) is 0 Å². The van der Waals surface area contributed by atoms with Gasteiger partial charge in [0.1, 0.15) is 6.11 Å². The van der Waals surface area contributed by atoms with Crippen LogP contribution >= 0.6 is 22.9 Å². The summed E-state index contributed by atoms with van der Waals surface area (Å²) in [6.07, 6.45) is 2.56. The van der Waals surface area contributed by atoms with Gasteiger partial charge in [-0.05, 0) is 103 Å². The van der Waals surface area contributed by atoms with Gasteiger partial charge in [-0.15, -0.1) is 11.3 Å². The second-order valence-electron chi connectivity index (χ2n) is 13.6. The molecule has 5 aromatic rings. The molecule has 0 bridgehead atoms. The second-order valence-corrected chi connectivity index (χ2v) is 20.7. The van der Waals surface area contributed by atoms with Gasteiger partial charge < -0.3 is 9.44 Å². The zero-order valence-electron chi connectivity index (χ0n) is 43.4. The third kappa shape index (κ3) is 30.4. The monoisotopic (exact) mass is 1320 g/mol. The van der Waals surface area contributed by atoms with E-state index in [1.54, 1.807) is 19.1 Å². The van der Waals surface area contributed by atoms with Crippen LogP contribution in [0.4, 0.5) is 14.1 Å². The minimum atomic E-state index is -9.19. The van der Waals surface area contributed by atoms with Crippen molar-refractivity contribution in [3.63, 3.8) is 0 Å². The molecule has 1 heterocycles. The number of hydrogen-bond acceptors (Lipinski definition) is 3. The Morgan fingerprint density at radius 3 is 1.00 bits per heavy atom. The van der Waals surface area contributed by atoms with Crippen molar-refractivity contribution in [3.05, 3.63) is 106 Å². The van der Waals surface area contributed by atoms with E-state index >= 15 is 0 Å². The van der Waals surface area contributed by atoms with Crippen molar-refractivity contribution >= 4 is 74.3 Å². The summed E-state index contributed by atoms with van der Waals surface area (Å²) in [6, 6.07) is 29.8. The zero-order valence-corrected chi connectivity index (χ0v) is 48.3. The average molecular weight is 1320 g/mol. The van der Waals surface area contributed by atoms with E-state index in [-0.39, 0.29) is 42.9 Å². The molecule has 438 valence electrons. The molecule has 12 heteroatoms. The topological polar surface area (TPSA) is 26.3 Å². The van der Waals surface area contributed by atoms with Crippen LogP contribution in [0.5, 0.6) is 5.75 Å². The molecule has 0 unspecified atom stereocenters. The van der Waals surface area contributed by atoms with Gasteiger partial charge in [0, 0.05) is 274 Å². The third-order valence-electron chi connectivity index (χ3n) is 8.05. The average Bonchev–Trinajstić information content (AvgIpc) is 0.754. The predicted octanol–water partition coefficient (Wildman–Crippen LogP) is 12.0. The molecule has 0 amide bonds. The third-order valence-corrected chi connectivity index (χ3v) is 11.8. The maximum atomic E-state index is 14.0. The van der Waals surface area contributed by atoms with E-state index in [1.807, 2.05) is 48.5 Å². The van der Waals surface area contributed by atoms with Gasteiger partial charge in [0.15, 0.2) is 25.9 Å². The first-order chi connectivity index (χ1) is 41.4. The maximum absolute atomic E-state index is 14.0. The maximum Gasteiger partial charge on any atom is 0 e. The van der Waals surface area contributed by atoms with E-state index in [0.29, 0.717) is 26.2 Å². The van der Waals surface area contributed by atoms with Gasteiger partial charge in [-0.2, -0.15) is 0 Å². The first-order valence-corrected chi connectivity index (χ1v) is 29.9. The standard InChI is InChI=1S/C74H18ClO2S2.6FH.Sb.23H2/c1-2-3-4-5-6-7-8-9-10-11-12-13-14-15-16-17-18-19-20-21-22-23-24-25-26-27-28-29-30-31-32-33-34-35-36-37-38-39-40-41-42-43-44-45-46-47-54-63-77-70-61-60-69(75)72-73(76)68-64-67(59-62-71(68)78-74(70)72)79(65-55-50-48-51-56-65)66-57-52-49-53-58-66;;;;;;;;;;;;;;;;;;;;;;;;;;;;;;/h48-53,55-62,64H,1H3;6*1H;;23*1H/q+1;;;;;;;+5;;;;;;;;;;;;;;;;;;;;;;;/p-6. The molecular weight excluding hydrogens is 1260 g/mol. The van der Waals surface area contributed by atoms with Gasteiger partial charge in [0.05, 0.1) is 26.0 Å². The summed E-state index contributed by atoms with van der Waals surface area (Å²) in [7, 11) is -0.421. The van der Waals surface area contributed by atoms with Crippen LogP contribution < -0.4 is 14.9 Å². The van der Waals surface area contributed by atoms with Crippen LogP contribution in [0.15, 0.2) is 110 Å². The summed E-state index contributed by atoms with van der Waals surface area (Å²) in [4.78, 5) is 17.3. The normalized spacial score (nSPS) is 7.65. The Labute approximate surface area is 546 Å². The van der Waals surface area contributed by atoms with E-state index in [9.17, 15) is 18.9 Å². The molecule has 1 aromatic heterocycles. The Balaban J connectivity index is -0.000000130. The van der Waals surface area contributed by atoms with Crippen LogP contribution in [0, 0.1) is 284 Å². The fourth-order valence-corrected chi connectivity index (χ4v) is 8.69. The first-order valence-electron chi connectivity index (χ1n) is 22.6. The van der Waals surface area contributed by atoms with Crippen LogP contribution in [-0.4, -0.2) is 20.3 Å². The summed E-state index contributed by atoms with van der Waals surface area (Å²) < 4.78 is 56.7. The summed E-state index contributed by atoms with van der Waals surface area (Å²) in [6.45, 7) is 1.69. The summed E-state index contributed by atoms with van der Waals surface area (Å²) in [5, 5.41) is 1.28. The van der Waals surface area contributed by atoms with Gasteiger partial charge >= 0.3 is 34.4 Å². The molecule has 0 aliphatic rings. The van der Waals surface area contributed by atoms with Crippen molar-refractivity contribution in [3.8, 4) is 290 Å². The van der Waals surface area contributed by atoms with E-state index in [1.165, 1.54) is 11.3 Å². The van der Waals surface area contributed by atoms with E-state index < -0.39 is 31.2 Å². The SMILES string of the molecule is CC#CC#CC#CC#CC#CC#CC#CC#CC#CC#CC#CC#CC#CC#CC#CC#CC#CC#CC#CC#CC#CC#CC#CC#COc1ccc(Cl)c2c(=O)c3cc([S+](c4ccccc4)c4ccccc4)ccc3sc12.[F-].[F][Sb]([F])([F])([F])[F].[HH].[HH].[HH].[HH].[HH].[HH].[HH].[HH].[HH].[HH].[HH].[HH].[HH].[HH].[HH].[HH].[HH].[HH].[HH].[HH].[HH].[HH].[HH]. The molecule has 0 spiro atoms. The second kappa shape index (κ2) is 40.3. The Morgan fingerprint density at radius 1 is 0.407 bits per heavy atom. The molecule has 0 saturated carbocycles. The molecule has 0 N–H and O–H groups in total. The van der Waals surface area contributed by atoms with Gasteiger partial charge in [0.2, 0.25) is 0 Å². The van der Waals surface area contributed by atoms with Crippen LogP contribution in [0.25, 0.3) is 20.2 Å². The quantitative estimate of drug-likeness (QED) is 0.0589.